The minimum Gasteiger partial charge on any atom is -0.268 e. The summed E-state index contributed by atoms with van der Waals surface area (Å²) in [6.07, 6.45) is 4.79. The summed E-state index contributed by atoms with van der Waals surface area (Å²) >= 11 is 0. The van der Waals surface area contributed by atoms with Crippen LogP contribution in [0.3, 0.4) is 0 Å². The Hall–Kier alpha value is -1.73. The molecule has 0 bridgehead atoms. The number of hydrogen-bond acceptors (Lipinski definition) is 3. The van der Waals surface area contributed by atoms with Crippen LogP contribution in [0.25, 0.3) is 0 Å². The summed E-state index contributed by atoms with van der Waals surface area (Å²) in [5.74, 6) is 0.739. The molecule has 0 saturated heterocycles. The molecular weight excluding hydrogens is 341 g/mol. The van der Waals surface area contributed by atoms with Crippen LogP contribution in [0.4, 0.5) is 4.39 Å². The van der Waals surface area contributed by atoms with E-state index in [1.165, 1.54) is 49.6 Å². The minimum absolute atomic E-state index is 0.121. The van der Waals surface area contributed by atoms with Crippen LogP contribution in [-0.2, 0) is 16.6 Å². The van der Waals surface area contributed by atoms with E-state index >= 15 is 0 Å². The molecule has 1 aromatic heterocycles. The summed E-state index contributed by atoms with van der Waals surface area (Å²) in [7, 11) is -3.65. The summed E-state index contributed by atoms with van der Waals surface area (Å²) < 4.78 is 42.6. The normalized spacial score (nSPS) is 17.8. The zero-order valence-electron chi connectivity index (χ0n) is 14.2. The first-order chi connectivity index (χ1) is 11.9. The van der Waals surface area contributed by atoms with Gasteiger partial charge < -0.3 is 0 Å². The molecule has 0 radical (unpaired) electrons. The average molecular weight is 363 g/mol. The third kappa shape index (κ3) is 3.62. The average Bonchev–Trinajstić information content (AvgIpc) is 3.46. The summed E-state index contributed by atoms with van der Waals surface area (Å²) in [6.45, 7) is 2.38. The highest BCUT2D eigenvalue weighted by molar-refractivity contribution is 7.89. The lowest BCUT2D eigenvalue weighted by Gasteiger charge is -2.11. The number of sulfonamides is 1. The molecule has 2 aromatic rings. The van der Waals surface area contributed by atoms with Crippen molar-refractivity contribution in [2.24, 2.45) is 0 Å². The molecule has 2 aliphatic rings. The second-order valence-corrected chi connectivity index (χ2v) is 8.81. The van der Waals surface area contributed by atoms with Crippen molar-refractivity contribution in [1.29, 1.82) is 0 Å². The molecule has 5 nitrogen and oxygen atoms in total. The van der Waals surface area contributed by atoms with Crippen molar-refractivity contribution < 1.29 is 12.8 Å². The Balaban J connectivity index is 1.45. The van der Waals surface area contributed by atoms with E-state index < -0.39 is 15.8 Å². The first-order valence-electron chi connectivity index (χ1n) is 8.77. The Morgan fingerprint density at radius 1 is 1.20 bits per heavy atom. The van der Waals surface area contributed by atoms with Crippen molar-refractivity contribution in [1.82, 2.24) is 14.5 Å². The second-order valence-electron chi connectivity index (χ2n) is 7.07. The predicted octanol–water partition coefficient (Wildman–Crippen LogP) is 3.06. The molecule has 0 atom stereocenters. The zero-order chi connectivity index (χ0) is 17.6. The van der Waals surface area contributed by atoms with Gasteiger partial charge in [0, 0.05) is 24.1 Å². The van der Waals surface area contributed by atoms with Gasteiger partial charge in [-0.2, -0.15) is 5.10 Å². The standard InChI is InChI=1S/C18H22FN3O2S/c1-12-10-15(19)6-7-18(12)25(23,24)20-8-9-22-17(14-4-5-14)11-16(21-22)13-2-3-13/h6-7,10-11,13-14,20H,2-5,8-9H2,1H3. The quantitative estimate of drug-likeness (QED) is 0.822. The summed E-state index contributed by atoms with van der Waals surface area (Å²) in [4.78, 5) is 0.121. The van der Waals surface area contributed by atoms with Gasteiger partial charge >= 0.3 is 0 Å². The Bertz CT molecular complexity index is 899. The Morgan fingerprint density at radius 2 is 1.92 bits per heavy atom. The van der Waals surface area contributed by atoms with Gasteiger partial charge in [0.25, 0.3) is 0 Å². The molecule has 1 heterocycles. The van der Waals surface area contributed by atoms with Crippen LogP contribution in [0.15, 0.2) is 29.2 Å². The SMILES string of the molecule is Cc1cc(F)ccc1S(=O)(=O)NCCn1nc(C2CC2)cc1C1CC1. The summed E-state index contributed by atoms with van der Waals surface area (Å²) in [5, 5.41) is 4.69. The topological polar surface area (TPSA) is 64.0 Å². The smallest absolute Gasteiger partial charge is 0.240 e. The lowest BCUT2D eigenvalue weighted by molar-refractivity contribution is 0.547. The molecular formula is C18H22FN3O2S. The molecule has 1 aromatic carbocycles. The fourth-order valence-corrected chi connectivity index (χ4v) is 4.44. The fourth-order valence-electron chi connectivity index (χ4n) is 3.20. The van der Waals surface area contributed by atoms with E-state index in [2.05, 4.69) is 15.9 Å². The first-order valence-corrected chi connectivity index (χ1v) is 10.3. The van der Waals surface area contributed by atoms with Gasteiger partial charge in [0.2, 0.25) is 10.0 Å². The van der Waals surface area contributed by atoms with Crippen molar-refractivity contribution >= 4 is 10.0 Å². The van der Waals surface area contributed by atoms with E-state index in [0.29, 0.717) is 23.9 Å². The van der Waals surface area contributed by atoms with Gasteiger partial charge in [-0.1, -0.05) is 0 Å². The van der Waals surface area contributed by atoms with Gasteiger partial charge in [-0.25, -0.2) is 17.5 Å². The van der Waals surface area contributed by atoms with Gasteiger partial charge in [-0.05, 0) is 62.4 Å². The molecule has 2 fully saturated rings. The number of nitrogens with one attached hydrogen (secondary N) is 1. The second kappa shape index (κ2) is 6.21. The molecule has 2 aliphatic carbocycles. The third-order valence-electron chi connectivity index (χ3n) is 4.86. The Kier molecular flexibility index (Phi) is 4.16. The van der Waals surface area contributed by atoms with Gasteiger partial charge in [0.1, 0.15) is 5.82 Å². The van der Waals surface area contributed by atoms with Crippen molar-refractivity contribution in [3.63, 3.8) is 0 Å². The fraction of sp³-hybridized carbons (Fsp3) is 0.500. The van der Waals surface area contributed by atoms with E-state index in [0.717, 1.165) is 5.69 Å². The molecule has 0 unspecified atom stereocenters. The van der Waals surface area contributed by atoms with Crippen LogP contribution >= 0.6 is 0 Å². The number of aryl methyl sites for hydroxylation is 1. The lowest BCUT2D eigenvalue weighted by Crippen LogP contribution is -2.28. The van der Waals surface area contributed by atoms with Gasteiger partial charge in [0.05, 0.1) is 17.1 Å². The largest absolute Gasteiger partial charge is 0.268 e. The van der Waals surface area contributed by atoms with E-state index in [1.807, 2.05) is 4.68 Å². The number of benzene rings is 1. The van der Waals surface area contributed by atoms with E-state index in [9.17, 15) is 12.8 Å². The molecule has 134 valence electrons. The van der Waals surface area contributed by atoms with E-state index in [1.54, 1.807) is 6.92 Å². The van der Waals surface area contributed by atoms with Crippen molar-refractivity contribution in [2.45, 2.75) is 55.9 Å². The molecule has 25 heavy (non-hydrogen) atoms. The molecule has 2 saturated carbocycles. The summed E-state index contributed by atoms with van der Waals surface area (Å²) in [5.41, 5.74) is 2.79. The molecule has 4 rings (SSSR count). The van der Waals surface area contributed by atoms with Crippen LogP contribution in [0, 0.1) is 12.7 Å². The zero-order valence-corrected chi connectivity index (χ0v) is 15.0. The molecule has 0 amide bonds. The first kappa shape index (κ1) is 16.7. The molecule has 0 aliphatic heterocycles. The van der Waals surface area contributed by atoms with Crippen molar-refractivity contribution in [2.75, 3.05) is 6.54 Å². The maximum atomic E-state index is 13.2. The highest BCUT2D eigenvalue weighted by Gasteiger charge is 2.32. The maximum absolute atomic E-state index is 13.2. The third-order valence-corrected chi connectivity index (χ3v) is 6.48. The molecule has 0 spiro atoms. The number of hydrogen-bond donors (Lipinski definition) is 1. The Morgan fingerprint density at radius 3 is 2.56 bits per heavy atom. The van der Waals surface area contributed by atoms with Gasteiger partial charge in [-0.15, -0.1) is 0 Å². The number of aromatic nitrogens is 2. The summed E-state index contributed by atoms with van der Waals surface area (Å²) in [6, 6.07) is 5.91. The van der Waals surface area contributed by atoms with Crippen LogP contribution in [0.2, 0.25) is 0 Å². The highest BCUT2D eigenvalue weighted by atomic mass is 32.2. The highest BCUT2D eigenvalue weighted by Crippen LogP contribution is 2.44. The van der Waals surface area contributed by atoms with Crippen molar-refractivity contribution in [3.8, 4) is 0 Å². The maximum Gasteiger partial charge on any atom is 0.240 e. The van der Waals surface area contributed by atoms with E-state index in [-0.39, 0.29) is 11.4 Å². The van der Waals surface area contributed by atoms with Crippen molar-refractivity contribution in [3.05, 3.63) is 47.0 Å². The minimum atomic E-state index is -3.65. The number of halogens is 1. The van der Waals surface area contributed by atoms with Crippen LogP contribution in [0.5, 0.6) is 0 Å². The van der Waals surface area contributed by atoms with Crippen LogP contribution in [0.1, 0.15) is 54.5 Å². The van der Waals surface area contributed by atoms with Gasteiger partial charge in [-0.3, -0.25) is 4.68 Å². The van der Waals surface area contributed by atoms with Gasteiger partial charge in [0.15, 0.2) is 0 Å². The lowest BCUT2D eigenvalue weighted by atomic mass is 10.2. The number of nitrogens with zero attached hydrogens (tertiary/aromatic N) is 2. The monoisotopic (exact) mass is 363 g/mol. The van der Waals surface area contributed by atoms with Crippen LogP contribution in [-0.4, -0.2) is 24.7 Å². The Labute approximate surface area is 147 Å². The molecule has 1 N–H and O–H groups in total. The number of rotatable bonds is 7. The predicted molar refractivity (Wildman–Crippen MR) is 92.5 cm³/mol. The van der Waals surface area contributed by atoms with E-state index in [4.69, 9.17) is 0 Å². The van der Waals surface area contributed by atoms with Crippen LogP contribution < -0.4 is 4.72 Å². The molecule has 7 heteroatoms.